The van der Waals surface area contributed by atoms with Gasteiger partial charge in [0.25, 0.3) is 0 Å². The summed E-state index contributed by atoms with van der Waals surface area (Å²) in [5, 5.41) is 13.6. The number of thioether (sulfide) groups is 1. The first-order chi connectivity index (χ1) is 14.0. The number of phenolic OH excluding ortho intramolecular Hbond substituents is 1. The highest BCUT2D eigenvalue weighted by atomic mass is 32.2. The molecule has 0 aromatic heterocycles. The molecule has 0 unspecified atom stereocenters. The molecule has 4 nitrogen and oxygen atoms in total. The van der Waals surface area contributed by atoms with Gasteiger partial charge < -0.3 is 15.2 Å². The fourth-order valence-corrected chi connectivity index (χ4v) is 3.92. The Hall–Kier alpha value is -2.11. The summed E-state index contributed by atoms with van der Waals surface area (Å²) in [6.45, 7) is 2.34. The molecule has 1 heterocycles. The van der Waals surface area contributed by atoms with E-state index >= 15 is 0 Å². The average Bonchev–Trinajstić information content (AvgIpc) is 2.64. The summed E-state index contributed by atoms with van der Waals surface area (Å²) < 4.78 is 79.6. The molecule has 2 aromatic carbocycles. The van der Waals surface area contributed by atoms with E-state index in [-0.39, 0.29) is 28.0 Å². The van der Waals surface area contributed by atoms with Crippen molar-refractivity contribution in [2.45, 2.75) is 22.8 Å². The Morgan fingerprint density at radius 3 is 2.17 bits per heavy atom. The summed E-state index contributed by atoms with van der Waals surface area (Å²) in [5.74, 6) is -0.600. The molecule has 1 aliphatic heterocycles. The molecule has 1 atom stereocenters. The monoisotopic (exact) mass is 452 g/mol. The molecule has 1 fully saturated rings. The van der Waals surface area contributed by atoms with Crippen LogP contribution in [0.3, 0.4) is 0 Å². The maximum absolute atomic E-state index is 12.8. The first kappa shape index (κ1) is 22.6. The van der Waals surface area contributed by atoms with E-state index in [0.29, 0.717) is 31.7 Å². The number of nitrogens with one attached hydrogen (secondary N) is 1. The number of ether oxygens (including phenoxy) is 1. The Labute approximate surface area is 172 Å². The molecule has 1 aliphatic rings. The van der Waals surface area contributed by atoms with Crippen LogP contribution in [-0.4, -0.2) is 48.1 Å². The van der Waals surface area contributed by atoms with Crippen molar-refractivity contribution < 1.29 is 36.2 Å². The number of piperazine rings is 1. The van der Waals surface area contributed by atoms with Gasteiger partial charge in [0.15, 0.2) is 0 Å². The highest BCUT2D eigenvalue weighted by molar-refractivity contribution is 8.00. The van der Waals surface area contributed by atoms with E-state index in [0.717, 1.165) is 12.1 Å². The molecule has 3 rings (SSSR count). The van der Waals surface area contributed by atoms with Crippen molar-refractivity contribution in [1.82, 2.24) is 10.2 Å². The predicted octanol–water partition coefficient (Wildman–Crippen LogP) is 4.90. The third-order valence-corrected chi connectivity index (χ3v) is 5.19. The second kappa shape index (κ2) is 8.94. The van der Waals surface area contributed by atoms with E-state index in [1.807, 2.05) is 4.90 Å². The quantitative estimate of drug-likeness (QED) is 0.499. The van der Waals surface area contributed by atoms with Gasteiger partial charge in [0, 0.05) is 36.6 Å². The van der Waals surface area contributed by atoms with Crippen molar-refractivity contribution in [3.8, 4) is 11.5 Å². The molecule has 164 valence electrons. The van der Waals surface area contributed by atoms with Crippen molar-refractivity contribution in [2.24, 2.45) is 0 Å². The Balaban J connectivity index is 1.98. The molecule has 0 aliphatic carbocycles. The number of hydrogen-bond donors (Lipinski definition) is 2. The topological polar surface area (TPSA) is 44.7 Å². The molecule has 0 saturated carbocycles. The van der Waals surface area contributed by atoms with Crippen LogP contribution in [0.15, 0.2) is 47.4 Å². The van der Waals surface area contributed by atoms with Crippen molar-refractivity contribution in [1.29, 1.82) is 0 Å². The van der Waals surface area contributed by atoms with Crippen LogP contribution in [0, 0.1) is 0 Å². The molecule has 2 N–H and O–H groups in total. The molecular formula is C19H18F6N2O2S. The third kappa shape index (κ3) is 6.19. The van der Waals surface area contributed by atoms with E-state index in [4.69, 9.17) is 0 Å². The summed E-state index contributed by atoms with van der Waals surface area (Å²) >= 11 is -0.295. The van der Waals surface area contributed by atoms with E-state index < -0.39 is 23.7 Å². The third-order valence-electron chi connectivity index (χ3n) is 4.47. The summed E-state index contributed by atoms with van der Waals surface area (Å²) in [6.07, 6.45) is -4.83. The SMILES string of the molecule is Oc1ccc(SC(F)(F)F)cc1[C@@H](c1ccc(OC(F)(F)F)cc1)N1CCNCC1. The average molecular weight is 452 g/mol. The summed E-state index contributed by atoms with van der Waals surface area (Å²) in [5.41, 5.74) is -3.72. The number of benzene rings is 2. The number of alkyl halides is 6. The molecule has 2 aromatic rings. The van der Waals surface area contributed by atoms with Crippen molar-refractivity contribution in [2.75, 3.05) is 26.2 Å². The van der Waals surface area contributed by atoms with Gasteiger partial charge in [-0.15, -0.1) is 13.2 Å². The molecule has 0 radical (unpaired) electrons. The fraction of sp³-hybridized carbons (Fsp3) is 0.368. The van der Waals surface area contributed by atoms with Crippen LogP contribution in [0.5, 0.6) is 11.5 Å². The summed E-state index contributed by atoms with van der Waals surface area (Å²) in [6, 6.07) is 8.10. The van der Waals surface area contributed by atoms with Gasteiger partial charge >= 0.3 is 11.9 Å². The summed E-state index contributed by atoms with van der Waals surface area (Å²) in [7, 11) is 0. The normalized spacial score (nSPS) is 17.0. The van der Waals surface area contributed by atoms with Crippen molar-refractivity contribution in [3.05, 3.63) is 53.6 Å². The van der Waals surface area contributed by atoms with Gasteiger partial charge in [-0.3, -0.25) is 4.90 Å². The standard InChI is InChI=1S/C19H18F6N2O2S/c20-18(21,22)29-13-3-1-12(2-4-13)17(27-9-7-26-8-10-27)15-11-14(5-6-16(15)28)30-19(23,24)25/h1-6,11,17,26,28H,7-10H2/t17-/m1/s1. The lowest BCUT2D eigenvalue weighted by Crippen LogP contribution is -2.45. The molecule has 0 bridgehead atoms. The summed E-state index contributed by atoms with van der Waals surface area (Å²) in [4.78, 5) is 1.86. The Bertz CT molecular complexity index is 852. The fourth-order valence-electron chi connectivity index (χ4n) is 3.33. The zero-order valence-corrected chi connectivity index (χ0v) is 16.2. The van der Waals surface area contributed by atoms with Crippen LogP contribution < -0.4 is 10.1 Å². The van der Waals surface area contributed by atoms with E-state index in [1.54, 1.807) is 0 Å². The lowest BCUT2D eigenvalue weighted by molar-refractivity contribution is -0.274. The first-order valence-electron chi connectivity index (χ1n) is 8.91. The number of hydrogen-bond acceptors (Lipinski definition) is 5. The highest BCUT2D eigenvalue weighted by Crippen LogP contribution is 2.42. The minimum Gasteiger partial charge on any atom is -0.508 e. The highest BCUT2D eigenvalue weighted by Gasteiger charge is 2.33. The molecule has 1 saturated heterocycles. The van der Waals surface area contributed by atoms with Crippen LogP contribution in [0.25, 0.3) is 0 Å². The Morgan fingerprint density at radius 2 is 1.60 bits per heavy atom. The molecule has 30 heavy (non-hydrogen) atoms. The van der Waals surface area contributed by atoms with E-state index in [2.05, 4.69) is 10.1 Å². The number of aromatic hydroxyl groups is 1. The number of halogens is 6. The van der Waals surface area contributed by atoms with Gasteiger partial charge in [0.2, 0.25) is 0 Å². The second-order valence-electron chi connectivity index (χ2n) is 6.57. The van der Waals surface area contributed by atoms with Gasteiger partial charge in [-0.05, 0) is 47.7 Å². The van der Waals surface area contributed by atoms with Crippen LogP contribution in [0.1, 0.15) is 17.2 Å². The minimum absolute atomic E-state index is 0.0903. The molecular weight excluding hydrogens is 434 g/mol. The lowest BCUT2D eigenvalue weighted by Gasteiger charge is -2.36. The Kier molecular flexibility index (Phi) is 6.73. The molecule has 0 spiro atoms. The smallest absolute Gasteiger partial charge is 0.508 e. The van der Waals surface area contributed by atoms with Crippen molar-refractivity contribution in [3.63, 3.8) is 0 Å². The van der Waals surface area contributed by atoms with Gasteiger partial charge in [-0.2, -0.15) is 13.2 Å². The maximum Gasteiger partial charge on any atom is 0.573 e. The minimum atomic E-state index is -4.83. The molecule has 0 amide bonds. The largest absolute Gasteiger partial charge is 0.573 e. The molecule has 11 heteroatoms. The van der Waals surface area contributed by atoms with Crippen molar-refractivity contribution >= 4 is 11.8 Å². The zero-order valence-electron chi connectivity index (χ0n) is 15.4. The van der Waals surface area contributed by atoms with Crippen LogP contribution in [-0.2, 0) is 0 Å². The van der Waals surface area contributed by atoms with E-state index in [9.17, 15) is 31.4 Å². The van der Waals surface area contributed by atoms with Crippen LogP contribution in [0.4, 0.5) is 26.3 Å². The van der Waals surface area contributed by atoms with Crippen LogP contribution >= 0.6 is 11.8 Å². The van der Waals surface area contributed by atoms with Crippen LogP contribution in [0.2, 0.25) is 0 Å². The number of rotatable bonds is 5. The van der Waals surface area contributed by atoms with Gasteiger partial charge in [0.05, 0.1) is 6.04 Å². The Morgan fingerprint density at radius 1 is 0.967 bits per heavy atom. The number of phenols is 1. The zero-order chi connectivity index (χ0) is 21.9. The van der Waals surface area contributed by atoms with Gasteiger partial charge in [-0.1, -0.05) is 12.1 Å². The predicted molar refractivity (Wildman–Crippen MR) is 99.4 cm³/mol. The number of nitrogens with zero attached hydrogens (tertiary/aromatic N) is 1. The maximum atomic E-state index is 12.8. The van der Waals surface area contributed by atoms with Gasteiger partial charge in [0.1, 0.15) is 11.5 Å². The first-order valence-corrected chi connectivity index (χ1v) is 9.73. The van der Waals surface area contributed by atoms with Gasteiger partial charge in [-0.25, -0.2) is 0 Å². The lowest BCUT2D eigenvalue weighted by atomic mass is 9.95. The second-order valence-corrected chi connectivity index (χ2v) is 7.71. The van der Waals surface area contributed by atoms with E-state index in [1.165, 1.54) is 30.3 Å².